The molecule has 16 heavy (non-hydrogen) atoms. The van der Waals surface area contributed by atoms with E-state index < -0.39 is 0 Å². The first-order chi connectivity index (χ1) is 7.50. The molecule has 1 heteroatoms. The normalized spacial score (nSPS) is 35.1. The fourth-order valence-corrected chi connectivity index (χ4v) is 3.51. The zero-order chi connectivity index (χ0) is 11.9. The number of aliphatic hydroxyl groups excluding tert-OH is 1. The maximum absolute atomic E-state index is 10.3. The summed E-state index contributed by atoms with van der Waals surface area (Å²) >= 11 is 0. The zero-order valence-corrected chi connectivity index (χ0v) is 11.0. The molecule has 90 valence electrons. The first kappa shape index (κ1) is 11.9. The highest BCUT2D eigenvalue weighted by atomic mass is 16.3. The molecule has 0 radical (unpaired) electrons. The van der Waals surface area contributed by atoms with Gasteiger partial charge in [-0.1, -0.05) is 36.6 Å². The van der Waals surface area contributed by atoms with E-state index in [2.05, 4.69) is 33.8 Å². The number of hydrogen-bond acceptors (Lipinski definition) is 1. The van der Waals surface area contributed by atoms with Crippen molar-refractivity contribution >= 4 is 0 Å². The molecule has 0 heterocycles. The molecule has 0 aliphatic heterocycles. The summed E-state index contributed by atoms with van der Waals surface area (Å²) in [6.45, 7) is 8.91. The van der Waals surface area contributed by atoms with Crippen molar-refractivity contribution in [2.75, 3.05) is 0 Å². The quantitative estimate of drug-likeness (QED) is 0.668. The van der Waals surface area contributed by atoms with E-state index in [0.717, 1.165) is 6.42 Å². The molecule has 3 unspecified atom stereocenters. The standard InChI is InChI=1S/C15H24O/c1-9(2)15-13-7-10(3)5-6-12(13)11(4)8-14(15)16/h7,9,13-16H,5-6,8H2,1-4H3. The average Bonchev–Trinajstić information content (AvgIpc) is 2.15. The Bertz CT molecular complexity index is 335. The second-order valence-electron chi connectivity index (χ2n) is 5.94. The smallest absolute Gasteiger partial charge is 0.0616 e. The molecule has 0 aromatic heterocycles. The molecule has 2 aliphatic carbocycles. The summed E-state index contributed by atoms with van der Waals surface area (Å²) in [4.78, 5) is 0. The summed E-state index contributed by atoms with van der Waals surface area (Å²) in [5.41, 5.74) is 4.56. The van der Waals surface area contributed by atoms with Crippen molar-refractivity contribution in [3.8, 4) is 0 Å². The van der Waals surface area contributed by atoms with E-state index >= 15 is 0 Å². The first-order valence-electron chi connectivity index (χ1n) is 6.54. The van der Waals surface area contributed by atoms with Crippen LogP contribution < -0.4 is 0 Å². The molecule has 0 saturated heterocycles. The van der Waals surface area contributed by atoms with Crippen LogP contribution in [0, 0.1) is 17.8 Å². The largest absolute Gasteiger partial charge is 0.392 e. The predicted octanol–water partition coefficient (Wildman–Crippen LogP) is 3.70. The molecule has 3 atom stereocenters. The zero-order valence-electron chi connectivity index (χ0n) is 11.0. The molecule has 1 N–H and O–H groups in total. The number of aliphatic hydroxyl groups is 1. The number of rotatable bonds is 1. The maximum Gasteiger partial charge on any atom is 0.0616 e. The highest BCUT2D eigenvalue weighted by molar-refractivity contribution is 5.31. The van der Waals surface area contributed by atoms with Gasteiger partial charge < -0.3 is 5.11 Å². The van der Waals surface area contributed by atoms with Crippen molar-refractivity contribution in [1.82, 2.24) is 0 Å². The van der Waals surface area contributed by atoms with Crippen molar-refractivity contribution in [3.05, 3.63) is 22.8 Å². The summed E-state index contributed by atoms with van der Waals surface area (Å²) in [7, 11) is 0. The molecule has 2 rings (SSSR count). The summed E-state index contributed by atoms with van der Waals surface area (Å²) in [6.07, 6.45) is 5.59. The van der Waals surface area contributed by atoms with Crippen molar-refractivity contribution in [1.29, 1.82) is 0 Å². The molecule has 0 aromatic carbocycles. The molecule has 2 aliphatic rings. The topological polar surface area (TPSA) is 20.2 Å². The second-order valence-corrected chi connectivity index (χ2v) is 5.94. The summed E-state index contributed by atoms with van der Waals surface area (Å²) in [5, 5.41) is 10.3. The lowest BCUT2D eigenvalue weighted by molar-refractivity contribution is 0.0531. The van der Waals surface area contributed by atoms with Crippen LogP contribution in [0.15, 0.2) is 22.8 Å². The van der Waals surface area contributed by atoms with E-state index in [-0.39, 0.29) is 6.10 Å². The first-order valence-corrected chi connectivity index (χ1v) is 6.54. The van der Waals surface area contributed by atoms with Gasteiger partial charge in [0.2, 0.25) is 0 Å². The Morgan fingerprint density at radius 3 is 2.56 bits per heavy atom. The van der Waals surface area contributed by atoms with Gasteiger partial charge in [0, 0.05) is 5.92 Å². The molecule has 1 nitrogen and oxygen atoms in total. The van der Waals surface area contributed by atoms with E-state index in [1.165, 1.54) is 24.0 Å². The van der Waals surface area contributed by atoms with E-state index in [4.69, 9.17) is 0 Å². The molecule has 0 aromatic rings. The van der Waals surface area contributed by atoms with Gasteiger partial charge in [0.05, 0.1) is 6.10 Å². The molecule has 0 bridgehead atoms. The van der Waals surface area contributed by atoms with Crippen LogP contribution in [0.1, 0.15) is 47.0 Å². The summed E-state index contributed by atoms with van der Waals surface area (Å²) in [5.74, 6) is 1.50. The lowest BCUT2D eigenvalue weighted by atomic mass is 9.65. The van der Waals surface area contributed by atoms with Crippen LogP contribution in [0.2, 0.25) is 0 Å². The van der Waals surface area contributed by atoms with E-state index in [0.29, 0.717) is 17.8 Å². The molecular formula is C15H24O. The highest BCUT2D eigenvalue weighted by Crippen LogP contribution is 2.44. The molecular weight excluding hydrogens is 196 g/mol. The van der Waals surface area contributed by atoms with Crippen LogP contribution in [0.5, 0.6) is 0 Å². The third-order valence-corrected chi connectivity index (χ3v) is 4.35. The van der Waals surface area contributed by atoms with Crippen LogP contribution in [-0.2, 0) is 0 Å². The lowest BCUT2D eigenvalue weighted by Gasteiger charge is -2.41. The van der Waals surface area contributed by atoms with Crippen LogP contribution in [0.25, 0.3) is 0 Å². The van der Waals surface area contributed by atoms with Crippen molar-refractivity contribution in [3.63, 3.8) is 0 Å². The highest BCUT2D eigenvalue weighted by Gasteiger charge is 2.37. The fourth-order valence-electron chi connectivity index (χ4n) is 3.51. The van der Waals surface area contributed by atoms with E-state index in [1.54, 1.807) is 5.57 Å². The molecule has 0 spiro atoms. The maximum atomic E-state index is 10.3. The number of fused-ring (bicyclic) bond motifs is 1. The minimum absolute atomic E-state index is 0.143. The fraction of sp³-hybridized carbons (Fsp3) is 0.733. The Labute approximate surface area is 99.3 Å². The number of allylic oxidation sites excluding steroid dienone is 3. The summed E-state index contributed by atoms with van der Waals surface area (Å²) in [6, 6.07) is 0. The van der Waals surface area contributed by atoms with Gasteiger partial charge in [-0.25, -0.2) is 0 Å². The number of hydrogen-bond donors (Lipinski definition) is 1. The van der Waals surface area contributed by atoms with E-state index in [1.807, 2.05) is 0 Å². The van der Waals surface area contributed by atoms with Gasteiger partial charge in [0.15, 0.2) is 0 Å². The second kappa shape index (κ2) is 4.37. The van der Waals surface area contributed by atoms with Crippen LogP contribution in [-0.4, -0.2) is 11.2 Å². The Morgan fingerprint density at radius 1 is 1.25 bits per heavy atom. The van der Waals surface area contributed by atoms with E-state index in [9.17, 15) is 5.11 Å². The van der Waals surface area contributed by atoms with Gasteiger partial charge in [-0.15, -0.1) is 0 Å². The van der Waals surface area contributed by atoms with Gasteiger partial charge >= 0.3 is 0 Å². The van der Waals surface area contributed by atoms with Gasteiger partial charge in [0.1, 0.15) is 0 Å². The van der Waals surface area contributed by atoms with Crippen LogP contribution in [0.4, 0.5) is 0 Å². The summed E-state index contributed by atoms with van der Waals surface area (Å²) < 4.78 is 0. The predicted molar refractivity (Wildman–Crippen MR) is 68.1 cm³/mol. The Balaban J connectivity index is 2.39. The van der Waals surface area contributed by atoms with Crippen LogP contribution >= 0.6 is 0 Å². The van der Waals surface area contributed by atoms with Crippen molar-refractivity contribution in [2.45, 2.75) is 53.1 Å². The monoisotopic (exact) mass is 220 g/mol. The van der Waals surface area contributed by atoms with Gasteiger partial charge in [-0.2, -0.15) is 0 Å². The molecule has 0 fully saturated rings. The molecule has 0 amide bonds. The molecule has 0 saturated carbocycles. The SMILES string of the molecule is CC1=CC2C(=C(C)CC(O)C2C(C)C)CC1. The third kappa shape index (κ3) is 1.98. The van der Waals surface area contributed by atoms with Gasteiger partial charge in [-0.3, -0.25) is 0 Å². The Kier molecular flexibility index (Phi) is 3.25. The average molecular weight is 220 g/mol. The van der Waals surface area contributed by atoms with Crippen LogP contribution in [0.3, 0.4) is 0 Å². The van der Waals surface area contributed by atoms with Gasteiger partial charge in [-0.05, 0) is 44.9 Å². The van der Waals surface area contributed by atoms with Gasteiger partial charge in [0.25, 0.3) is 0 Å². The Morgan fingerprint density at radius 2 is 1.94 bits per heavy atom. The minimum atomic E-state index is -0.143. The Hall–Kier alpha value is -0.560. The lowest BCUT2D eigenvalue weighted by Crippen LogP contribution is -2.37. The minimum Gasteiger partial charge on any atom is -0.392 e. The third-order valence-electron chi connectivity index (χ3n) is 4.35. The van der Waals surface area contributed by atoms with Crippen molar-refractivity contribution in [2.24, 2.45) is 17.8 Å². The van der Waals surface area contributed by atoms with Crippen molar-refractivity contribution < 1.29 is 5.11 Å².